The average Bonchev–Trinajstić information content (AvgIpc) is 2.61. The van der Waals surface area contributed by atoms with Crippen LogP contribution in [0, 0.1) is 22.7 Å². The zero-order valence-corrected chi connectivity index (χ0v) is 21.4. The molecule has 0 saturated heterocycles. The van der Waals surface area contributed by atoms with Gasteiger partial charge in [-0.25, -0.2) is 4.79 Å². The molecule has 2 unspecified atom stereocenters. The topological polar surface area (TPSA) is 131 Å². The van der Waals surface area contributed by atoms with Crippen molar-refractivity contribution in [2.45, 2.75) is 96.0 Å². The third-order valence-electron chi connectivity index (χ3n) is 8.31. The van der Waals surface area contributed by atoms with Crippen molar-refractivity contribution in [1.82, 2.24) is 10.6 Å². The first kappa shape index (κ1) is 28.0. The highest BCUT2D eigenvalue weighted by Crippen LogP contribution is 2.71. The highest BCUT2D eigenvalue weighted by molar-refractivity contribution is 5.83. The molecule has 36 heavy (non-hydrogen) atoms. The van der Waals surface area contributed by atoms with Crippen molar-refractivity contribution in [3.8, 4) is 0 Å². The van der Waals surface area contributed by atoms with E-state index in [-0.39, 0.29) is 34.2 Å². The molecule has 9 nitrogen and oxygen atoms in total. The van der Waals surface area contributed by atoms with E-state index < -0.39 is 35.3 Å². The summed E-state index contributed by atoms with van der Waals surface area (Å²) >= 11 is 0. The van der Waals surface area contributed by atoms with Gasteiger partial charge in [-0.15, -0.1) is 0 Å². The summed E-state index contributed by atoms with van der Waals surface area (Å²) in [5.74, 6) is -3.68. The van der Waals surface area contributed by atoms with Crippen LogP contribution in [-0.4, -0.2) is 59.0 Å². The largest absolute Gasteiger partial charge is 0.481 e. The van der Waals surface area contributed by atoms with Gasteiger partial charge in [0.05, 0.1) is 18.9 Å². The van der Waals surface area contributed by atoms with Crippen molar-refractivity contribution in [3.63, 3.8) is 0 Å². The number of halogens is 3. The van der Waals surface area contributed by atoms with Gasteiger partial charge in [0.15, 0.2) is 0 Å². The lowest BCUT2D eigenvalue weighted by Crippen LogP contribution is -2.77. The summed E-state index contributed by atoms with van der Waals surface area (Å²) in [6.45, 7) is 8.92. The molecule has 0 aromatic carbocycles. The second-order valence-corrected chi connectivity index (χ2v) is 12.2. The number of hydrogen-bond acceptors (Lipinski definition) is 6. The average molecular weight is 521 g/mol. The summed E-state index contributed by atoms with van der Waals surface area (Å²) in [7, 11) is 1.28. The molecule has 0 heterocycles. The SMILES string of the molecule is CC(C(=O)O)C12CC(NC(=O)OC(C)(C)C)(C1)C2.COC(=O)C(C)C12CC(NC(=O)C(F)(F)F)(C1)C2. The third-order valence-corrected chi connectivity index (χ3v) is 8.31. The number of alkyl carbamates (subject to hydrolysis) is 1. The van der Waals surface area contributed by atoms with E-state index in [2.05, 4.69) is 10.1 Å². The number of alkyl halides is 3. The molecule has 6 rings (SSSR count). The van der Waals surface area contributed by atoms with Gasteiger partial charge < -0.3 is 25.2 Å². The van der Waals surface area contributed by atoms with E-state index in [0.717, 1.165) is 19.3 Å². The van der Waals surface area contributed by atoms with Crippen molar-refractivity contribution in [3.05, 3.63) is 0 Å². The first-order valence-electron chi connectivity index (χ1n) is 11.9. The van der Waals surface area contributed by atoms with Crippen LogP contribution in [0.1, 0.15) is 73.1 Å². The van der Waals surface area contributed by atoms with Crippen LogP contribution in [0.25, 0.3) is 0 Å². The minimum absolute atomic E-state index is 0.0964. The van der Waals surface area contributed by atoms with Gasteiger partial charge in [0.25, 0.3) is 0 Å². The maximum absolute atomic E-state index is 12.1. The van der Waals surface area contributed by atoms with E-state index in [0.29, 0.717) is 19.3 Å². The van der Waals surface area contributed by atoms with E-state index in [1.807, 2.05) is 26.1 Å². The number of hydrogen-bond donors (Lipinski definition) is 3. The number of rotatable bonds is 6. The summed E-state index contributed by atoms with van der Waals surface area (Å²) < 4.78 is 46.2. The fourth-order valence-corrected chi connectivity index (χ4v) is 6.44. The molecule has 0 radical (unpaired) electrons. The zero-order valence-electron chi connectivity index (χ0n) is 21.4. The molecule has 2 amide bonds. The van der Waals surface area contributed by atoms with Crippen molar-refractivity contribution in [2.24, 2.45) is 22.7 Å². The van der Waals surface area contributed by atoms with Gasteiger partial charge in [0.2, 0.25) is 0 Å². The lowest BCUT2D eigenvalue weighted by Gasteiger charge is -2.72. The third kappa shape index (κ3) is 5.00. The molecule has 2 atom stereocenters. The summed E-state index contributed by atoms with van der Waals surface area (Å²) in [5.41, 5.74) is -1.84. The molecule has 6 saturated carbocycles. The highest BCUT2D eigenvalue weighted by Gasteiger charge is 2.73. The second-order valence-electron chi connectivity index (χ2n) is 12.2. The smallest absolute Gasteiger partial charge is 0.471 e. The lowest BCUT2D eigenvalue weighted by molar-refractivity contribution is -0.214. The number of carboxylic acids is 1. The summed E-state index contributed by atoms with van der Waals surface area (Å²) in [6.07, 6.45) is -1.74. The van der Waals surface area contributed by atoms with E-state index in [1.165, 1.54) is 7.11 Å². The second kappa shape index (κ2) is 8.51. The van der Waals surface area contributed by atoms with Crippen LogP contribution in [0.2, 0.25) is 0 Å². The molecule has 0 spiro atoms. The Morgan fingerprint density at radius 1 is 0.833 bits per heavy atom. The van der Waals surface area contributed by atoms with Crippen molar-refractivity contribution >= 4 is 23.9 Å². The lowest BCUT2D eigenvalue weighted by atomic mass is 9.36. The molecule has 6 aliphatic carbocycles. The maximum Gasteiger partial charge on any atom is 0.471 e. The molecule has 6 fully saturated rings. The standard InChI is InChI=1S/C13H21NO4.C11H14F3NO3/c1-8(9(15)16)12-5-13(6-12,7-12)14-10(17)18-11(2,3)4;1-6(7(16)18-2)9-3-10(4-9,5-9)15-8(17)11(12,13)14/h8H,5-7H2,1-4H3,(H,14,17)(H,15,16);6H,3-5H2,1-2H3,(H,15,17). The van der Waals surface area contributed by atoms with Crippen molar-refractivity contribution in [1.29, 1.82) is 0 Å². The van der Waals surface area contributed by atoms with Crippen LogP contribution in [0.15, 0.2) is 0 Å². The van der Waals surface area contributed by atoms with Crippen LogP contribution in [0.3, 0.4) is 0 Å². The van der Waals surface area contributed by atoms with Crippen LogP contribution in [-0.2, 0) is 23.9 Å². The van der Waals surface area contributed by atoms with Crippen LogP contribution in [0.5, 0.6) is 0 Å². The molecule has 0 aromatic rings. The Morgan fingerprint density at radius 2 is 1.25 bits per heavy atom. The summed E-state index contributed by atoms with van der Waals surface area (Å²) in [4.78, 5) is 44.8. The molecule has 0 aliphatic heterocycles. The Balaban J connectivity index is 0.000000201. The fraction of sp³-hybridized carbons (Fsp3) is 0.833. The molecule has 0 aromatic heterocycles. The first-order valence-corrected chi connectivity index (χ1v) is 11.9. The van der Waals surface area contributed by atoms with E-state index >= 15 is 0 Å². The van der Waals surface area contributed by atoms with Crippen LogP contribution < -0.4 is 10.6 Å². The molecular formula is C24H35F3N2O7. The Hall–Kier alpha value is -2.53. The molecule has 6 aliphatic rings. The number of carbonyl (C=O) groups is 4. The van der Waals surface area contributed by atoms with Crippen molar-refractivity contribution in [2.75, 3.05) is 7.11 Å². The van der Waals surface area contributed by atoms with Gasteiger partial charge >= 0.3 is 30.1 Å². The van der Waals surface area contributed by atoms with Gasteiger partial charge in [-0.2, -0.15) is 13.2 Å². The van der Waals surface area contributed by atoms with E-state index in [9.17, 15) is 32.3 Å². The minimum Gasteiger partial charge on any atom is -0.481 e. The molecule has 4 bridgehead atoms. The predicted octanol–water partition coefficient (Wildman–Crippen LogP) is 3.55. The Bertz CT molecular complexity index is 917. The van der Waals surface area contributed by atoms with Gasteiger partial charge in [0, 0.05) is 11.1 Å². The number of nitrogens with one attached hydrogen (secondary N) is 2. The minimum atomic E-state index is -4.85. The highest BCUT2D eigenvalue weighted by atomic mass is 19.4. The summed E-state index contributed by atoms with van der Waals surface area (Å²) in [5, 5.41) is 13.9. The van der Waals surface area contributed by atoms with E-state index in [1.54, 1.807) is 13.8 Å². The molecule has 3 N–H and O–H groups in total. The predicted molar refractivity (Wildman–Crippen MR) is 120 cm³/mol. The number of carboxylic acid groups (broad SMARTS) is 1. The molecule has 204 valence electrons. The zero-order chi connectivity index (χ0) is 27.5. The maximum atomic E-state index is 12.1. The van der Waals surface area contributed by atoms with Gasteiger partial charge in [-0.05, 0) is 70.1 Å². The molecule has 12 heteroatoms. The summed E-state index contributed by atoms with van der Waals surface area (Å²) in [6, 6.07) is 0. The van der Waals surface area contributed by atoms with Gasteiger partial charge in [-0.1, -0.05) is 13.8 Å². The first-order chi connectivity index (χ1) is 16.2. The Kier molecular flexibility index (Phi) is 6.63. The van der Waals surface area contributed by atoms with Gasteiger partial charge in [0.1, 0.15) is 5.60 Å². The number of ether oxygens (including phenoxy) is 2. The monoisotopic (exact) mass is 520 g/mol. The van der Waals surface area contributed by atoms with E-state index in [4.69, 9.17) is 9.84 Å². The van der Waals surface area contributed by atoms with Crippen LogP contribution >= 0.6 is 0 Å². The quantitative estimate of drug-likeness (QED) is 0.457. The van der Waals surface area contributed by atoms with Gasteiger partial charge in [-0.3, -0.25) is 14.4 Å². The molecular weight excluding hydrogens is 485 g/mol. The number of aliphatic carboxylic acids is 1. The number of amides is 2. The normalized spacial score (nSPS) is 34.9. The van der Waals surface area contributed by atoms with Crippen LogP contribution in [0.4, 0.5) is 18.0 Å². The number of esters is 1. The Labute approximate surface area is 207 Å². The number of methoxy groups -OCH3 is 1. The van der Waals surface area contributed by atoms with Crippen molar-refractivity contribution < 1.29 is 46.9 Å². The fourth-order valence-electron chi connectivity index (χ4n) is 6.44. The Morgan fingerprint density at radius 3 is 1.61 bits per heavy atom. The number of carbonyl (C=O) groups excluding carboxylic acids is 3.